The summed E-state index contributed by atoms with van der Waals surface area (Å²) >= 11 is 0. The van der Waals surface area contributed by atoms with Crippen molar-refractivity contribution in [2.75, 3.05) is 0 Å². The largest absolute Gasteiger partial charge is 0.508 e. The Hall–Kier alpha value is -1.44. The molecule has 1 N–H and O–H groups in total. The average molecular weight is 272 g/mol. The molecule has 2 atom stereocenters. The zero-order valence-electron chi connectivity index (χ0n) is 12.9. The number of allylic oxidation sites excluding steroid dienone is 1. The van der Waals surface area contributed by atoms with Gasteiger partial charge in [0.15, 0.2) is 0 Å². The molecule has 2 unspecified atom stereocenters. The number of phenolic OH excluding ortho intramolecular Hbond substituents is 1. The highest BCUT2D eigenvalue weighted by atomic mass is 16.5. The summed E-state index contributed by atoms with van der Waals surface area (Å²) in [7, 11) is 0. The maximum Gasteiger partial charge on any atom is 0.127 e. The van der Waals surface area contributed by atoms with Crippen LogP contribution in [-0.2, 0) is 6.42 Å². The number of hydrogen-bond acceptors (Lipinski definition) is 2. The molecule has 0 aromatic heterocycles. The van der Waals surface area contributed by atoms with Crippen LogP contribution in [0.25, 0.3) is 0 Å². The van der Waals surface area contributed by atoms with Crippen LogP contribution >= 0.6 is 0 Å². The van der Waals surface area contributed by atoms with Gasteiger partial charge in [0.1, 0.15) is 17.1 Å². The van der Waals surface area contributed by atoms with E-state index in [4.69, 9.17) is 4.74 Å². The number of hydrogen-bond donors (Lipinski definition) is 1. The smallest absolute Gasteiger partial charge is 0.127 e. The molecule has 0 spiro atoms. The number of rotatable bonds is 2. The molecule has 0 saturated heterocycles. The van der Waals surface area contributed by atoms with Crippen molar-refractivity contribution >= 4 is 0 Å². The van der Waals surface area contributed by atoms with Crippen molar-refractivity contribution in [2.24, 2.45) is 5.92 Å². The standard InChI is InChI=1S/C18H24O2/c1-5-6-12-9-15(19)17-13-7-11(2)8-14(13)18(3,4)20-16(17)10-12/h8-10,13-14,19H,5-7H2,1-4H3. The van der Waals surface area contributed by atoms with Crippen molar-refractivity contribution in [1.29, 1.82) is 0 Å². The molecule has 1 heterocycles. The molecule has 2 nitrogen and oxygen atoms in total. The summed E-state index contributed by atoms with van der Waals surface area (Å²) in [6, 6.07) is 4.05. The zero-order chi connectivity index (χ0) is 14.5. The summed E-state index contributed by atoms with van der Waals surface area (Å²) in [5.41, 5.74) is 3.39. The molecule has 0 bridgehead atoms. The van der Waals surface area contributed by atoms with Gasteiger partial charge in [0.05, 0.1) is 0 Å². The summed E-state index contributed by atoms with van der Waals surface area (Å²) < 4.78 is 6.24. The lowest BCUT2D eigenvalue weighted by Gasteiger charge is -2.42. The van der Waals surface area contributed by atoms with Crippen LogP contribution in [0.4, 0.5) is 0 Å². The summed E-state index contributed by atoms with van der Waals surface area (Å²) in [6.07, 6.45) is 5.42. The maximum atomic E-state index is 10.5. The van der Waals surface area contributed by atoms with E-state index in [1.807, 2.05) is 6.07 Å². The molecule has 1 aromatic rings. The van der Waals surface area contributed by atoms with Crippen LogP contribution in [0.1, 0.15) is 57.6 Å². The highest BCUT2D eigenvalue weighted by molar-refractivity contribution is 5.53. The molecule has 0 amide bonds. The van der Waals surface area contributed by atoms with E-state index in [0.29, 0.717) is 17.6 Å². The average Bonchev–Trinajstić information content (AvgIpc) is 2.71. The van der Waals surface area contributed by atoms with Gasteiger partial charge < -0.3 is 9.84 Å². The van der Waals surface area contributed by atoms with Crippen molar-refractivity contribution < 1.29 is 9.84 Å². The van der Waals surface area contributed by atoms with Crippen LogP contribution in [0, 0.1) is 5.92 Å². The van der Waals surface area contributed by atoms with Crippen LogP contribution in [0.2, 0.25) is 0 Å². The Balaban J connectivity index is 2.10. The lowest BCUT2D eigenvalue weighted by molar-refractivity contribution is 0.0362. The molecule has 1 aromatic carbocycles. The molecule has 108 valence electrons. The molecule has 2 heteroatoms. The fraction of sp³-hybridized carbons (Fsp3) is 0.556. The van der Waals surface area contributed by atoms with Gasteiger partial charge in [0, 0.05) is 17.4 Å². The minimum atomic E-state index is -0.202. The fourth-order valence-electron chi connectivity index (χ4n) is 3.84. The Morgan fingerprint density at radius 2 is 2.10 bits per heavy atom. The van der Waals surface area contributed by atoms with Crippen LogP contribution < -0.4 is 4.74 Å². The highest BCUT2D eigenvalue weighted by Gasteiger charge is 2.46. The van der Waals surface area contributed by atoms with Gasteiger partial charge in [0.25, 0.3) is 0 Å². The summed E-state index contributed by atoms with van der Waals surface area (Å²) in [6.45, 7) is 8.65. The predicted octanol–water partition coefficient (Wildman–Crippen LogP) is 4.57. The quantitative estimate of drug-likeness (QED) is 0.799. The van der Waals surface area contributed by atoms with E-state index >= 15 is 0 Å². The van der Waals surface area contributed by atoms with Crippen LogP contribution in [-0.4, -0.2) is 10.7 Å². The lowest BCUT2D eigenvalue weighted by Crippen LogP contribution is -2.42. The third-order valence-electron chi connectivity index (χ3n) is 4.70. The molecular weight excluding hydrogens is 248 g/mol. The molecule has 3 rings (SSSR count). The van der Waals surface area contributed by atoms with Gasteiger partial charge in [-0.1, -0.05) is 25.0 Å². The summed E-state index contributed by atoms with van der Waals surface area (Å²) in [5, 5.41) is 10.5. The monoisotopic (exact) mass is 272 g/mol. The van der Waals surface area contributed by atoms with Gasteiger partial charge in [-0.2, -0.15) is 0 Å². The van der Waals surface area contributed by atoms with E-state index in [1.165, 1.54) is 11.1 Å². The van der Waals surface area contributed by atoms with Gasteiger partial charge in [-0.3, -0.25) is 0 Å². The first-order valence-corrected chi connectivity index (χ1v) is 7.64. The van der Waals surface area contributed by atoms with E-state index in [9.17, 15) is 5.11 Å². The molecule has 0 radical (unpaired) electrons. The number of aromatic hydroxyl groups is 1. The minimum absolute atomic E-state index is 0.202. The van der Waals surface area contributed by atoms with Gasteiger partial charge in [-0.15, -0.1) is 0 Å². The lowest BCUT2D eigenvalue weighted by atomic mass is 9.75. The van der Waals surface area contributed by atoms with Crippen LogP contribution in [0.3, 0.4) is 0 Å². The van der Waals surface area contributed by atoms with E-state index in [-0.39, 0.29) is 5.60 Å². The number of fused-ring (bicyclic) bond motifs is 3. The van der Waals surface area contributed by atoms with Crippen molar-refractivity contribution in [3.8, 4) is 11.5 Å². The van der Waals surface area contributed by atoms with E-state index in [2.05, 4.69) is 39.8 Å². The van der Waals surface area contributed by atoms with Gasteiger partial charge in [-0.05, 0) is 51.3 Å². The third-order valence-corrected chi connectivity index (χ3v) is 4.70. The van der Waals surface area contributed by atoms with Gasteiger partial charge in [-0.25, -0.2) is 0 Å². The summed E-state index contributed by atoms with van der Waals surface area (Å²) in [5.74, 6) is 2.03. The first kappa shape index (κ1) is 13.5. The first-order chi connectivity index (χ1) is 9.42. The zero-order valence-corrected chi connectivity index (χ0v) is 12.9. The second-order valence-electron chi connectivity index (χ2n) is 6.83. The number of ether oxygens (including phenoxy) is 1. The molecule has 0 fully saturated rings. The van der Waals surface area contributed by atoms with E-state index < -0.39 is 0 Å². The van der Waals surface area contributed by atoms with Crippen molar-refractivity contribution in [3.63, 3.8) is 0 Å². The topological polar surface area (TPSA) is 29.5 Å². The first-order valence-electron chi connectivity index (χ1n) is 7.64. The van der Waals surface area contributed by atoms with Crippen LogP contribution in [0.5, 0.6) is 11.5 Å². The SMILES string of the molecule is CCCc1cc(O)c2c(c1)OC(C)(C)C1C=C(C)CC21. The second-order valence-corrected chi connectivity index (χ2v) is 6.83. The minimum Gasteiger partial charge on any atom is -0.508 e. The Morgan fingerprint density at radius 3 is 2.80 bits per heavy atom. The molecule has 1 aliphatic carbocycles. The Morgan fingerprint density at radius 1 is 1.35 bits per heavy atom. The highest BCUT2D eigenvalue weighted by Crippen LogP contribution is 2.54. The number of benzene rings is 1. The van der Waals surface area contributed by atoms with Crippen molar-refractivity contribution in [2.45, 2.75) is 58.5 Å². The summed E-state index contributed by atoms with van der Waals surface area (Å²) in [4.78, 5) is 0. The molecule has 0 saturated carbocycles. The van der Waals surface area contributed by atoms with Gasteiger partial charge in [0.2, 0.25) is 0 Å². The number of phenols is 1. The van der Waals surface area contributed by atoms with Crippen LogP contribution in [0.15, 0.2) is 23.8 Å². The van der Waals surface area contributed by atoms with Crippen molar-refractivity contribution in [1.82, 2.24) is 0 Å². The van der Waals surface area contributed by atoms with E-state index in [1.54, 1.807) is 0 Å². The Kier molecular flexibility index (Phi) is 3.07. The predicted molar refractivity (Wildman–Crippen MR) is 81.4 cm³/mol. The van der Waals surface area contributed by atoms with Gasteiger partial charge >= 0.3 is 0 Å². The van der Waals surface area contributed by atoms with E-state index in [0.717, 1.165) is 30.6 Å². The fourth-order valence-corrected chi connectivity index (χ4v) is 3.84. The molecule has 1 aliphatic heterocycles. The third kappa shape index (κ3) is 2.02. The molecule has 20 heavy (non-hydrogen) atoms. The maximum absolute atomic E-state index is 10.5. The number of aryl methyl sites for hydroxylation is 1. The normalized spacial score (nSPS) is 26.5. The molecule has 2 aliphatic rings. The Bertz CT molecular complexity index is 569. The van der Waals surface area contributed by atoms with Crippen molar-refractivity contribution in [3.05, 3.63) is 34.9 Å². The Labute approximate surface area is 121 Å². The second kappa shape index (κ2) is 4.54. The molecular formula is C18H24O2.